The van der Waals surface area contributed by atoms with Gasteiger partial charge in [0.05, 0.1) is 17.0 Å². The lowest BCUT2D eigenvalue weighted by atomic mass is 10.2. The maximum Gasteiger partial charge on any atom is 0.239 e. The van der Waals surface area contributed by atoms with E-state index in [1.54, 1.807) is 0 Å². The van der Waals surface area contributed by atoms with E-state index in [0.717, 1.165) is 18.6 Å². The van der Waals surface area contributed by atoms with Crippen LogP contribution in [0.4, 0.5) is 5.69 Å². The van der Waals surface area contributed by atoms with Crippen molar-refractivity contribution in [2.45, 2.75) is 43.5 Å². The molecule has 116 valence electrons. The maximum absolute atomic E-state index is 12.3. The predicted molar refractivity (Wildman–Crippen MR) is 83.1 cm³/mol. The molecule has 0 amide bonds. The standard InChI is InChI=1S/C15H22N2O3S/c16-11-15-9-10-17(21(15,18)19)12-5-7-14(8-6-12)20-13-3-1-2-4-13/h5-8,13,15H,1-4,9-11,16H2. The van der Waals surface area contributed by atoms with Crippen LogP contribution in [0.2, 0.25) is 0 Å². The summed E-state index contributed by atoms with van der Waals surface area (Å²) < 4.78 is 32.0. The van der Waals surface area contributed by atoms with E-state index in [2.05, 4.69) is 0 Å². The van der Waals surface area contributed by atoms with Gasteiger partial charge in [-0.3, -0.25) is 4.31 Å². The first-order chi connectivity index (χ1) is 10.1. The summed E-state index contributed by atoms with van der Waals surface area (Å²) in [5.41, 5.74) is 6.24. The van der Waals surface area contributed by atoms with Gasteiger partial charge in [0.2, 0.25) is 10.0 Å². The molecule has 1 aromatic rings. The molecule has 1 atom stereocenters. The summed E-state index contributed by atoms with van der Waals surface area (Å²) in [6.45, 7) is 0.689. The Morgan fingerprint density at radius 2 is 1.81 bits per heavy atom. The number of ether oxygens (including phenoxy) is 1. The summed E-state index contributed by atoms with van der Waals surface area (Å²) in [6.07, 6.45) is 5.60. The molecule has 0 bridgehead atoms. The average Bonchev–Trinajstić information content (AvgIpc) is 3.07. The number of rotatable bonds is 4. The van der Waals surface area contributed by atoms with Gasteiger partial charge in [-0.25, -0.2) is 8.42 Å². The number of nitrogens with zero attached hydrogens (tertiary/aromatic N) is 1. The molecule has 2 aliphatic rings. The lowest BCUT2D eigenvalue weighted by Gasteiger charge is -2.19. The van der Waals surface area contributed by atoms with Crippen molar-refractivity contribution in [1.82, 2.24) is 0 Å². The van der Waals surface area contributed by atoms with Crippen LogP contribution in [0.5, 0.6) is 5.75 Å². The fourth-order valence-electron chi connectivity index (χ4n) is 3.12. The van der Waals surface area contributed by atoms with Crippen LogP contribution in [0.1, 0.15) is 32.1 Å². The van der Waals surface area contributed by atoms with Gasteiger partial charge in [-0.1, -0.05) is 0 Å². The van der Waals surface area contributed by atoms with Crippen LogP contribution < -0.4 is 14.8 Å². The van der Waals surface area contributed by atoms with Crippen molar-refractivity contribution in [1.29, 1.82) is 0 Å². The van der Waals surface area contributed by atoms with Crippen molar-refractivity contribution in [2.24, 2.45) is 5.73 Å². The van der Waals surface area contributed by atoms with Crippen molar-refractivity contribution >= 4 is 15.7 Å². The number of anilines is 1. The van der Waals surface area contributed by atoms with Gasteiger partial charge in [-0.05, 0) is 56.4 Å². The second-order valence-corrected chi connectivity index (χ2v) is 7.92. The monoisotopic (exact) mass is 310 g/mol. The van der Waals surface area contributed by atoms with E-state index in [1.165, 1.54) is 17.1 Å². The van der Waals surface area contributed by atoms with Gasteiger partial charge in [0, 0.05) is 13.1 Å². The summed E-state index contributed by atoms with van der Waals surface area (Å²) in [5, 5.41) is -0.452. The van der Waals surface area contributed by atoms with Gasteiger partial charge in [0.25, 0.3) is 0 Å². The molecule has 0 aromatic heterocycles. The molecule has 0 spiro atoms. The first-order valence-electron chi connectivity index (χ1n) is 7.59. The molecule has 1 heterocycles. The molecule has 1 saturated carbocycles. The number of hydrogen-bond donors (Lipinski definition) is 1. The summed E-state index contributed by atoms with van der Waals surface area (Å²) in [5.74, 6) is 0.817. The van der Waals surface area contributed by atoms with E-state index in [1.807, 2.05) is 24.3 Å². The Kier molecular flexibility index (Phi) is 4.08. The quantitative estimate of drug-likeness (QED) is 0.921. The maximum atomic E-state index is 12.3. The van der Waals surface area contributed by atoms with Crippen LogP contribution in [-0.4, -0.2) is 32.9 Å². The van der Waals surface area contributed by atoms with E-state index < -0.39 is 15.3 Å². The van der Waals surface area contributed by atoms with Crippen molar-refractivity contribution in [2.75, 3.05) is 17.4 Å². The summed E-state index contributed by atoms with van der Waals surface area (Å²) in [4.78, 5) is 0. The highest BCUT2D eigenvalue weighted by Gasteiger charge is 2.37. The van der Waals surface area contributed by atoms with E-state index in [4.69, 9.17) is 10.5 Å². The Morgan fingerprint density at radius 3 is 2.38 bits per heavy atom. The zero-order valence-electron chi connectivity index (χ0n) is 12.1. The Bertz CT molecular complexity index is 579. The summed E-state index contributed by atoms with van der Waals surface area (Å²) >= 11 is 0. The predicted octanol–water partition coefficient (Wildman–Crippen LogP) is 1.88. The number of hydrogen-bond acceptors (Lipinski definition) is 4. The first kappa shape index (κ1) is 14.7. The molecular weight excluding hydrogens is 288 g/mol. The van der Waals surface area contributed by atoms with Crippen LogP contribution >= 0.6 is 0 Å². The molecule has 5 nitrogen and oxygen atoms in total. The highest BCUT2D eigenvalue weighted by Crippen LogP contribution is 2.30. The highest BCUT2D eigenvalue weighted by atomic mass is 32.2. The van der Waals surface area contributed by atoms with Crippen LogP contribution in [0.25, 0.3) is 0 Å². The fourth-order valence-corrected chi connectivity index (χ4v) is 4.90. The van der Waals surface area contributed by atoms with E-state index in [9.17, 15) is 8.42 Å². The van der Waals surface area contributed by atoms with E-state index in [0.29, 0.717) is 24.8 Å². The molecule has 1 saturated heterocycles. The third kappa shape index (κ3) is 2.87. The van der Waals surface area contributed by atoms with Gasteiger partial charge in [0.1, 0.15) is 5.75 Å². The van der Waals surface area contributed by atoms with Gasteiger partial charge in [0.15, 0.2) is 0 Å². The van der Waals surface area contributed by atoms with Crippen molar-refractivity contribution < 1.29 is 13.2 Å². The number of nitrogens with two attached hydrogens (primary N) is 1. The highest BCUT2D eigenvalue weighted by molar-refractivity contribution is 7.93. The topological polar surface area (TPSA) is 72.6 Å². The van der Waals surface area contributed by atoms with Crippen molar-refractivity contribution in [3.05, 3.63) is 24.3 Å². The minimum Gasteiger partial charge on any atom is -0.490 e. The molecule has 1 unspecified atom stereocenters. The third-order valence-electron chi connectivity index (χ3n) is 4.38. The van der Waals surface area contributed by atoms with Gasteiger partial charge < -0.3 is 10.5 Å². The molecule has 6 heteroatoms. The molecule has 2 fully saturated rings. The molecule has 0 radical (unpaired) electrons. The first-order valence-corrected chi connectivity index (χ1v) is 9.10. The third-order valence-corrected chi connectivity index (χ3v) is 6.65. The van der Waals surface area contributed by atoms with Crippen molar-refractivity contribution in [3.8, 4) is 5.75 Å². The van der Waals surface area contributed by atoms with Gasteiger partial charge in [-0.15, -0.1) is 0 Å². The van der Waals surface area contributed by atoms with Crippen LogP contribution in [0.3, 0.4) is 0 Å². The van der Waals surface area contributed by atoms with E-state index in [-0.39, 0.29) is 6.54 Å². The molecule has 1 aromatic carbocycles. The largest absolute Gasteiger partial charge is 0.490 e. The zero-order chi connectivity index (χ0) is 14.9. The smallest absolute Gasteiger partial charge is 0.239 e. The van der Waals surface area contributed by atoms with Crippen molar-refractivity contribution in [3.63, 3.8) is 0 Å². The fraction of sp³-hybridized carbons (Fsp3) is 0.600. The second kappa shape index (κ2) is 5.85. The van der Waals surface area contributed by atoms with Crippen LogP contribution in [0, 0.1) is 0 Å². The van der Waals surface area contributed by atoms with E-state index >= 15 is 0 Å². The SMILES string of the molecule is NCC1CCN(c2ccc(OC3CCCC3)cc2)S1(=O)=O. The lowest BCUT2D eigenvalue weighted by Crippen LogP contribution is -2.33. The molecule has 21 heavy (non-hydrogen) atoms. The Hall–Kier alpha value is -1.27. The number of sulfonamides is 1. The Morgan fingerprint density at radius 1 is 1.14 bits per heavy atom. The minimum absolute atomic E-state index is 0.182. The van der Waals surface area contributed by atoms with Gasteiger partial charge >= 0.3 is 0 Å². The molecular formula is C15H22N2O3S. The number of benzene rings is 1. The summed E-state index contributed by atoms with van der Waals surface area (Å²) in [6, 6.07) is 7.36. The summed E-state index contributed by atoms with van der Waals surface area (Å²) in [7, 11) is -3.30. The molecule has 2 N–H and O–H groups in total. The minimum atomic E-state index is -3.30. The lowest BCUT2D eigenvalue weighted by molar-refractivity contribution is 0.210. The Labute approximate surface area is 126 Å². The zero-order valence-corrected chi connectivity index (χ0v) is 12.9. The second-order valence-electron chi connectivity index (χ2n) is 5.78. The normalized spacial score (nSPS) is 25.4. The van der Waals surface area contributed by atoms with Crippen LogP contribution in [-0.2, 0) is 10.0 Å². The molecule has 3 rings (SSSR count). The van der Waals surface area contributed by atoms with Gasteiger partial charge in [-0.2, -0.15) is 0 Å². The molecule has 1 aliphatic carbocycles. The average molecular weight is 310 g/mol. The Balaban J connectivity index is 1.72. The molecule has 1 aliphatic heterocycles. The van der Waals surface area contributed by atoms with Crippen LogP contribution in [0.15, 0.2) is 24.3 Å².